The third kappa shape index (κ3) is 5.31. The van der Waals surface area contributed by atoms with E-state index < -0.39 is 0 Å². The van der Waals surface area contributed by atoms with Crippen molar-refractivity contribution in [3.05, 3.63) is 0 Å². The summed E-state index contributed by atoms with van der Waals surface area (Å²) in [5, 5.41) is 0. The van der Waals surface area contributed by atoms with Gasteiger partial charge in [0, 0.05) is 25.9 Å². The molecule has 1 aliphatic rings. The van der Waals surface area contributed by atoms with Gasteiger partial charge in [-0.25, -0.2) is 0 Å². The van der Waals surface area contributed by atoms with Gasteiger partial charge in [-0.05, 0) is 32.9 Å². The number of carbonyl (C=O) groups is 2. The molecule has 0 spiro atoms. The van der Waals surface area contributed by atoms with Crippen molar-refractivity contribution >= 4 is 11.7 Å². The third-order valence-electron chi connectivity index (χ3n) is 3.25. The Kier molecular flexibility index (Phi) is 6.19. The van der Waals surface area contributed by atoms with Crippen LogP contribution in [-0.4, -0.2) is 54.7 Å². The van der Waals surface area contributed by atoms with E-state index in [1.54, 1.807) is 0 Å². The molecular formula is C13H24N2O2. The van der Waals surface area contributed by atoms with Gasteiger partial charge in [-0.15, -0.1) is 0 Å². The number of ketones is 1. The van der Waals surface area contributed by atoms with E-state index in [0.717, 1.165) is 38.9 Å². The Hall–Kier alpha value is -0.900. The zero-order valence-electron chi connectivity index (χ0n) is 11.1. The molecule has 0 N–H and O–H groups in total. The minimum absolute atomic E-state index is 0.229. The minimum Gasteiger partial charge on any atom is -0.342 e. The van der Waals surface area contributed by atoms with Crippen molar-refractivity contribution in [2.24, 2.45) is 0 Å². The highest BCUT2D eigenvalue weighted by molar-refractivity contribution is 5.78. The highest BCUT2D eigenvalue weighted by atomic mass is 16.2. The van der Waals surface area contributed by atoms with Gasteiger partial charge in [0.25, 0.3) is 0 Å². The van der Waals surface area contributed by atoms with Crippen LogP contribution in [-0.2, 0) is 9.59 Å². The monoisotopic (exact) mass is 240 g/mol. The van der Waals surface area contributed by atoms with Gasteiger partial charge >= 0.3 is 0 Å². The maximum atomic E-state index is 11.8. The summed E-state index contributed by atoms with van der Waals surface area (Å²) in [6.45, 7) is 5.04. The number of hydrogen-bond donors (Lipinski definition) is 0. The van der Waals surface area contributed by atoms with Crippen molar-refractivity contribution in [2.75, 3.05) is 33.2 Å². The number of nitrogens with zero attached hydrogens (tertiary/aromatic N) is 2. The van der Waals surface area contributed by atoms with Crippen LogP contribution in [0.1, 0.15) is 39.0 Å². The molecule has 1 aliphatic heterocycles. The number of hydrogen-bond acceptors (Lipinski definition) is 3. The summed E-state index contributed by atoms with van der Waals surface area (Å²) in [6.07, 6.45) is 4.40. The van der Waals surface area contributed by atoms with E-state index in [-0.39, 0.29) is 5.91 Å². The van der Waals surface area contributed by atoms with Crippen LogP contribution in [0.5, 0.6) is 0 Å². The average Bonchev–Trinajstić information content (AvgIpc) is 2.82. The minimum atomic E-state index is 0.229. The first-order valence-electron chi connectivity index (χ1n) is 6.61. The van der Waals surface area contributed by atoms with Crippen LogP contribution in [0.25, 0.3) is 0 Å². The second-order valence-electron chi connectivity index (χ2n) is 4.82. The van der Waals surface area contributed by atoms with Gasteiger partial charge in [0.1, 0.15) is 5.78 Å². The summed E-state index contributed by atoms with van der Waals surface area (Å²) in [4.78, 5) is 26.9. The molecule has 1 saturated heterocycles. The molecule has 1 heterocycles. The lowest BCUT2D eigenvalue weighted by Gasteiger charge is -2.20. The number of carbonyl (C=O) groups excluding carboxylic acids is 2. The van der Waals surface area contributed by atoms with Gasteiger partial charge < -0.3 is 4.90 Å². The lowest BCUT2D eigenvalue weighted by molar-refractivity contribution is -0.131. The van der Waals surface area contributed by atoms with E-state index in [4.69, 9.17) is 0 Å². The molecule has 98 valence electrons. The predicted octanol–water partition coefficient (Wildman–Crippen LogP) is 1.30. The largest absolute Gasteiger partial charge is 0.342 e. The van der Waals surface area contributed by atoms with Crippen LogP contribution in [0.15, 0.2) is 0 Å². The fourth-order valence-corrected chi connectivity index (χ4v) is 2.10. The van der Waals surface area contributed by atoms with Crippen molar-refractivity contribution in [1.29, 1.82) is 0 Å². The van der Waals surface area contributed by atoms with Crippen LogP contribution in [0.4, 0.5) is 0 Å². The molecule has 0 saturated carbocycles. The Morgan fingerprint density at radius 2 is 1.88 bits per heavy atom. The fourth-order valence-electron chi connectivity index (χ4n) is 2.10. The second-order valence-corrected chi connectivity index (χ2v) is 4.82. The highest BCUT2D eigenvalue weighted by Crippen LogP contribution is 2.08. The van der Waals surface area contributed by atoms with E-state index in [2.05, 4.69) is 0 Å². The molecular weight excluding hydrogens is 216 g/mol. The average molecular weight is 240 g/mol. The number of rotatable bonds is 7. The number of Topliss-reactive ketones (excluding diaryl/α,β-unsaturated/α-hetero) is 1. The van der Waals surface area contributed by atoms with Crippen molar-refractivity contribution < 1.29 is 9.59 Å². The number of amides is 1. The summed E-state index contributed by atoms with van der Waals surface area (Å²) in [6, 6.07) is 0. The molecule has 1 amide bonds. The summed E-state index contributed by atoms with van der Waals surface area (Å²) >= 11 is 0. The summed E-state index contributed by atoms with van der Waals surface area (Å²) in [5.41, 5.74) is 0. The summed E-state index contributed by atoms with van der Waals surface area (Å²) in [7, 11) is 1.95. The normalized spacial score (nSPS) is 15.6. The molecule has 1 rings (SSSR count). The maximum Gasteiger partial charge on any atom is 0.236 e. The Bertz CT molecular complexity index is 260. The quantitative estimate of drug-likeness (QED) is 0.673. The molecule has 4 heteroatoms. The molecule has 0 aromatic rings. The van der Waals surface area contributed by atoms with E-state index in [9.17, 15) is 9.59 Å². The van der Waals surface area contributed by atoms with Crippen molar-refractivity contribution in [1.82, 2.24) is 9.80 Å². The molecule has 0 aliphatic carbocycles. The van der Waals surface area contributed by atoms with Crippen molar-refractivity contribution in [3.8, 4) is 0 Å². The zero-order chi connectivity index (χ0) is 12.7. The predicted molar refractivity (Wildman–Crippen MR) is 67.8 cm³/mol. The van der Waals surface area contributed by atoms with Gasteiger partial charge in [0.05, 0.1) is 6.54 Å². The van der Waals surface area contributed by atoms with Gasteiger partial charge in [0.2, 0.25) is 5.91 Å². The zero-order valence-corrected chi connectivity index (χ0v) is 11.1. The molecule has 0 unspecified atom stereocenters. The molecule has 0 bridgehead atoms. The Labute approximate surface area is 104 Å². The second kappa shape index (κ2) is 7.43. The van der Waals surface area contributed by atoms with E-state index in [0.29, 0.717) is 25.2 Å². The van der Waals surface area contributed by atoms with Crippen LogP contribution in [0.2, 0.25) is 0 Å². The first-order chi connectivity index (χ1) is 8.13. The van der Waals surface area contributed by atoms with Crippen molar-refractivity contribution in [2.45, 2.75) is 39.0 Å². The van der Waals surface area contributed by atoms with Gasteiger partial charge in [-0.2, -0.15) is 0 Å². The maximum absolute atomic E-state index is 11.8. The molecule has 17 heavy (non-hydrogen) atoms. The smallest absolute Gasteiger partial charge is 0.236 e. The number of likely N-dealkylation sites (tertiary alicyclic amines) is 1. The number of likely N-dealkylation sites (N-methyl/N-ethyl adjacent to an activating group) is 1. The Morgan fingerprint density at radius 1 is 1.24 bits per heavy atom. The SMILES string of the molecule is CCC(=O)CCCN(C)CC(=O)N1CCCC1. The lowest BCUT2D eigenvalue weighted by Crippen LogP contribution is -2.37. The third-order valence-corrected chi connectivity index (χ3v) is 3.25. The molecule has 0 aromatic heterocycles. The van der Waals surface area contributed by atoms with Gasteiger partial charge in [-0.1, -0.05) is 6.92 Å². The van der Waals surface area contributed by atoms with E-state index in [1.807, 2.05) is 23.8 Å². The molecule has 0 atom stereocenters. The van der Waals surface area contributed by atoms with Crippen LogP contribution in [0.3, 0.4) is 0 Å². The van der Waals surface area contributed by atoms with Gasteiger partial charge in [0.15, 0.2) is 0 Å². The van der Waals surface area contributed by atoms with Crippen molar-refractivity contribution in [3.63, 3.8) is 0 Å². The molecule has 4 nitrogen and oxygen atoms in total. The first kappa shape index (κ1) is 14.2. The standard InChI is InChI=1S/C13H24N2O2/c1-3-12(16)7-6-8-14(2)11-13(17)15-9-4-5-10-15/h3-11H2,1-2H3. The highest BCUT2D eigenvalue weighted by Gasteiger charge is 2.18. The van der Waals surface area contributed by atoms with Crippen LogP contribution >= 0.6 is 0 Å². The molecule has 1 fully saturated rings. The van der Waals surface area contributed by atoms with Crippen LogP contribution in [0, 0.1) is 0 Å². The van der Waals surface area contributed by atoms with E-state index >= 15 is 0 Å². The van der Waals surface area contributed by atoms with E-state index in [1.165, 1.54) is 0 Å². The van der Waals surface area contributed by atoms with Gasteiger partial charge in [-0.3, -0.25) is 14.5 Å². The Morgan fingerprint density at radius 3 is 2.47 bits per heavy atom. The molecule has 0 aromatic carbocycles. The first-order valence-corrected chi connectivity index (χ1v) is 6.61. The fraction of sp³-hybridized carbons (Fsp3) is 0.846. The Balaban J connectivity index is 2.13. The molecule has 0 radical (unpaired) electrons. The topological polar surface area (TPSA) is 40.6 Å². The van der Waals surface area contributed by atoms with Crippen LogP contribution < -0.4 is 0 Å². The lowest BCUT2D eigenvalue weighted by atomic mass is 10.2. The summed E-state index contributed by atoms with van der Waals surface area (Å²) in [5.74, 6) is 0.538. The summed E-state index contributed by atoms with van der Waals surface area (Å²) < 4.78 is 0.